The minimum Gasteiger partial charge on any atom is -0.295 e. The third-order valence-electron chi connectivity index (χ3n) is 7.25. The van der Waals surface area contributed by atoms with Crippen LogP contribution in [0.4, 0.5) is 8.78 Å². The molecule has 1 aliphatic heterocycles. The van der Waals surface area contributed by atoms with Crippen LogP contribution in [0, 0.1) is 6.92 Å². The lowest BCUT2D eigenvalue weighted by Gasteiger charge is -2.50. The predicted octanol–water partition coefficient (Wildman–Crippen LogP) is 3.69. The zero-order valence-corrected chi connectivity index (χ0v) is 21.5. The largest absolute Gasteiger partial charge is 0.295 e. The number of halogens is 3. The van der Waals surface area contributed by atoms with Crippen LogP contribution in [-0.4, -0.2) is 76.0 Å². The molecule has 8 nitrogen and oxygen atoms in total. The fourth-order valence-electron chi connectivity index (χ4n) is 5.11. The van der Waals surface area contributed by atoms with Crippen molar-refractivity contribution in [1.29, 1.82) is 0 Å². The summed E-state index contributed by atoms with van der Waals surface area (Å²) in [7, 11) is -2.19. The first-order valence-electron chi connectivity index (χ1n) is 11.7. The maximum atomic E-state index is 14.1. The van der Waals surface area contributed by atoms with E-state index in [0.717, 1.165) is 5.56 Å². The molecule has 4 rings (SSSR count). The van der Waals surface area contributed by atoms with E-state index in [9.17, 15) is 22.0 Å². The second-order valence-corrected chi connectivity index (χ2v) is 11.9. The minimum absolute atomic E-state index is 0.110. The van der Waals surface area contributed by atoms with E-state index < -0.39 is 21.5 Å². The maximum absolute atomic E-state index is 14.1. The number of alkyl halides is 2. The van der Waals surface area contributed by atoms with Crippen molar-refractivity contribution in [1.82, 2.24) is 24.2 Å². The van der Waals surface area contributed by atoms with Crippen LogP contribution in [0.2, 0.25) is 5.02 Å². The molecule has 0 spiro atoms. The maximum Gasteiger partial charge on any atom is 0.264 e. The molecular weight excluding hydrogens is 500 g/mol. The van der Waals surface area contributed by atoms with Gasteiger partial charge in [0.05, 0.1) is 11.2 Å². The monoisotopic (exact) mass is 529 g/mol. The van der Waals surface area contributed by atoms with Gasteiger partial charge in [-0.05, 0) is 43.9 Å². The van der Waals surface area contributed by atoms with Crippen molar-refractivity contribution >= 4 is 27.4 Å². The molecule has 2 fully saturated rings. The minimum atomic E-state index is -3.78. The van der Waals surface area contributed by atoms with Gasteiger partial charge in [-0.3, -0.25) is 14.4 Å². The number of hydrogen-bond acceptors (Lipinski definition) is 6. The molecule has 2 aromatic rings. The van der Waals surface area contributed by atoms with Crippen LogP contribution in [0.3, 0.4) is 0 Å². The number of nitrogens with zero attached hydrogens (tertiary/aromatic N) is 5. The molecule has 1 aliphatic carbocycles. The summed E-state index contributed by atoms with van der Waals surface area (Å²) >= 11 is 6.27. The number of benzene rings is 1. The number of hydrogen-bond donors (Lipinski definition) is 0. The van der Waals surface area contributed by atoms with Crippen LogP contribution in [0.1, 0.15) is 54.4 Å². The number of Topliss-reactive ketones (excluding diaryl/α,β-unsaturated/α-hetero) is 1. The second kappa shape index (κ2) is 9.84. The molecule has 1 saturated heterocycles. The Morgan fingerprint density at radius 1 is 1.11 bits per heavy atom. The van der Waals surface area contributed by atoms with E-state index in [0.29, 0.717) is 30.1 Å². The summed E-state index contributed by atoms with van der Waals surface area (Å²) in [6, 6.07) is 5.27. The van der Waals surface area contributed by atoms with Crippen LogP contribution >= 0.6 is 11.6 Å². The van der Waals surface area contributed by atoms with Crippen LogP contribution in [0.15, 0.2) is 29.4 Å². The summed E-state index contributed by atoms with van der Waals surface area (Å²) in [5.74, 6) is -2.83. The lowest BCUT2D eigenvalue weighted by atomic mass is 9.74. The molecule has 0 atom stereocenters. The Morgan fingerprint density at radius 3 is 2.34 bits per heavy atom. The van der Waals surface area contributed by atoms with E-state index in [4.69, 9.17) is 11.6 Å². The van der Waals surface area contributed by atoms with E-state index in [1.54, 1.807) is 19.2 Å². The van der Waals surface area contributed by atoms with E-state index >= 15 is 0 Å². The first-order chi connectivity index (χ1) is 16.4. The van der Waals surface area contributed by atoms with Gasteiger partial charge in [0.25, 0.3) is 10.0 Å². The summed E-state index contributed by atoms with van der Waals surface area (Å²) in [6.07, 6.45) is 1.98. The fourth-order valence-corrected chi connectivity index (χ4v) is 6.79. The summed E-state index contributed by atoms with van der Waals surface area (Å²) in [4.78, 5) is 15.1. The van der Waals surface area contributed by atoms with Crippen LogP contribution in [-0.2, 0) is 17.1 Å². The van der Waals surface area contributed by atoms with Gasteiger partial charge in [-0.15, -0.1) is 5.10 Å². The SMILES string of the molecule is Cc1ccc(C(=O)CCC2(N3CCN(S(=O)(=O)c4cn(C)nn4)CC3)CCC(F)(F)CC2)c(Cl)c1. The third kappa shape index (κ3) is 5.58. The average Bonchev–Trinajstić information content (AvgIpc) is 3.26. The molecule has 0 radical (unpaired) electrons. The predicted molar refractivity (Wildman–Crippen MR) is 127 cm³/mol. The molecule has 0 N–H and O–H groups in total. The number of rotatable bonds is 7. The van der Waals surface area contributed by atoms with Gasteiger partial charge in [0.1, 0.15) is 0 Å². The van der Waals surface area contributed by atoms with Crippen molar-refractivity contribution in [2.45, 2.75) is 61.9 Å². The molecule has 192 valence electrons. The fraction of sp³-hybridized carbons (Fsp3) is 0.609. The van der Waals surface area contributed by atoms with Gasteiger partial charge in [0.2, 0.25) is 10.9 Å². The van der Waals surface area contributed by atoms with Gasteiger partial charge in [-0.2, -0.15) is 4.31 Å². The zero-order valence-electron chi connectivity index (χ0n) is 19.9. The number of carbonyl (C=O) groups excluding carboxylic acids is 1. The van der Waals surface area contributed by atoms with E-state index in [1.807, 2.05) is 13.0 Å². The Labute approximate surface area is 209 Å². The second-order valence-electron chi connectivity index (χ2n) is 9.61. The molecule has 1 aromatic carbocycles. The molecule has 12 heteroatoms. The van der Waals surface area contributed by atoms with Crippen molar-refractivity contribution in [3.05, 3.63) is 40.5 Å². The van der Waals surface area contributed by atoms with Gasteiger partial charge in [0, 0.05) is 63.6 Å². The highest BCUT2D eigenvalue weighted by Crippen LogP contribution is 2.44. The number of piperazine rings is 1. The first kappa shape index (κ1) is 26.1. The molecule has 2 aliphatic rings. The molecule has 0 amide bonds. The summed E-state index contributed by atoms with van der Waals surface area (Å²) in [6.45, 7) is 3.11. The number of sulfonamides is 1. The van der Waals surface area contributed by atoms with Crippen molar-refractivity contribution in [3.63, 3.8) is 0 Å². The van der Waals surface area contributed by atoms with Crippen LogP contribution in [0.5, 0.6) is 0 Å². The third-order valence-corrected chi connectivity index (χ3v) is 9.32. The summed E-state index contributed by atoms with van der Waals surface area (Å²) < 4.78 is 56.7. The van der Waals surface area contributed by atoms with Crippen LogP contribution in [0.25, 0.3) is 0 Å². The smallest absolute Gasteiger partial charge is 0.264 e. The number of ketones is 1. The van der Waals surface area contributed by atoms with Crippen molar-refractivity contribution in [2.75, 3.05) is 26.2 Å². The highest BCUT2D eigenvalue weighted by atomic mass is 35.5. The molecule has 1 aromatic heterocycles. The van der Waals surface area contributed by atoms with Gasteiger partial charge in [-0.25, -0.2) is 17.2 Å². The number of aromatic nitrogens is 3. The highest BCUT2D eigenvalue weighted by molar-refractivity contribution is 7.89. The molecule has 1 saturated carbocycles. The number of aryl methyl sites for hydroxylation is 2. The standard InChI is InChI=1S/C23H30ClF2N5O3S/c1-17-3-4-18(19(24)15-17)20(32)5-6-22(7-9-23(25,26)10-8-22)30-11-13-31(14-12-30)35(33,34)21-16-29(2)28-27-21/h3-4,15-16H,5-14H2,1-2H3. The first-order valence-corrected chi connectivity index (χ1v) is 13.5. The molecule has 0 bridgehead atoms. The molecule has 0 unspecified atom stereocenters. The topological polar surface area (TPSA) is 88.4 Å². The molecule has 35 heavy (non-hydrogen) atoms. The lowest BCUT2D eigenvalue weighted by molar-refractivity contribution is -0.0891. The normalized spacial score (nSPS) is 21.2. The van der Waals surface area contributed by atoms with Gasteiger partial charge >= 0.3 is 0 Å². The Balaban J connectivity index is 1.47. The van der Waals surface area contributed by atoms with E-state index in [-0.39, 0.29) is 56.0 Å². The summed E-state index contributed by atoms with van der Waals surface area (Å²) in [5, 5.41) is 7.72. The van der Waals surface area contributed by atoms with Gasteiger partial charge < -0.3 is 0 Å². The van der Waals surface area contributed by atoms with Crippen LogP contribution < -0.4 is 0 Å². The van der Waals surface area contributed by atoms with Crippen molar-refractivity contribution in [3.8, 4) is 0 Å². The summed E-state index contributed by atoms with van der Waals surface area (Å²) in [5.41, 5.74) is 0.803. The van der Waals surface area contributed by atoms with E-state index in [2.05, 4.69) is 15.2 Å². The van der Waals surface area contributed by atoms with Gasteiger partial charge in [0.15, 0.2) is 5.78 Å². The molecular formula is C23H30ClF2N5O3S. The highest BCUT2D eigenvalue weighted by Gasteiger charge is 2.47. The quantitative estimate of drug-likeness (QED) is 0.508. The van der Waals surface area contributed by atoms with Crippen molar-refractivity contribution < 1.29 is 22.0 Å². The zero-order chi connectivity index (χ0) is 25.4. The Morgan fingerprint density at radius 2 is 1.77 bits per heavy atom. The lowest BCUT2D eigenvalue weighted by Crippen LogP contribution is -2.59. The molecule has 2 heterocycles. The van der Waals surface area contributed by atoms with Crippen molar-refractivity contribution in [2.24, 2.45) is 7.05 Å². The Kier molecular flexibility index (Phi) is 7.34. The van der Waals surface area contributed by atoms with E-state index in [1.165, 1.54) is 15.2 Å². The average molecular weight is 530 g/mol. The van der Waals surface area contributed by atoms with Gasteiger partial charge in [-0.1, -0.05) is 22.9 Å². The Hall–Kier alpha value is -1.95. The number of carbonyl (C=O) groups is 1. The Bertz CT molecular complexity index is 1190.